The van der Waals surface area contributed by atoms with E-state index in [-0.39, 0.29) is 0 Å². The van der Waals surface area contributed by atoms with E-state index in [0.29, 0.717) is 12.0 Å². The summed E-state index contributed by atoms with van der Waals surface area (Å²) in [5.74, 6) is 1.46. The molecule has 0 spiro atoms. The highest BCUT2D eigenvalue weighted by molar-refractivity contribution is 7.80. The van der Waals surface area contributed by atoms with Crippen LogP contribution in [0.4, 0.5) is 0 Å². The summed E-state index contributed by atoms with van der Waals surface area (Å²) in [6.45, 7) is 8.11. The van der Waals surface area contributed by atoms with Crippen LogP contribution in [0.25, 0.3) is 0 Å². The van der Waals surface area contributed by atoms with E-state index in [1.165, 1.54) is 5.57 Å². The van der Waals surface area contributed by atoms with E-state index in [1.807, 2.05) is 14.0 Å². The van der Waals surface area contributed by atoms with Crippen LogP contribution in [0.5, 0.6) is 0 Å². The van der Waals surface area contributed by atoms with Gasteiger partial charge in [-0.1, -0.05) is 19.1 Å². The maximum Gasteiger partial charge on any atom is 0.0304 e. The third-order valence-corrected chi connectivity index (χ3v) is 2.27. The molecule has 0 rings (SSSR count). The Morgan fingerprint density at radius 1 is 1.70 bits per heavy atom. The third-order valence-electron chi connectivity index (χ3n) is 1.70. The fourth-order valence-corrected chi connectivity index (χ4v) is 1.33. The van der Waals surface area contributed by atoms with E-state index in [9.17, 15) is 0 Å². The number of likely N-dealkylation sites (N-methyl/N-ethyl adjacent to an activating group) is 1. The lowest BCUT2D eigenvalue weighted by Gasteiger charge is -2.21. The molecular formula is C8H17NS. The highest BCUT2D eigenvalue weighted by atomic mass is 32.1. The number of thiol groups is 1. The second-order valence-electron chi connectivity index (χ2n) is 2.77. The Hall–Kier alpha value is 0.0500. The summed E-state index contributed by atoms with van der Waals surface area (Å²) in [6, 6.07) is 0.414. The van der Waals surface area contributed by atoms with E-state index in [2.05, 4.69) is 31.4 Å². The molecule has 0 bridgehead atoms. The molecule has 1 N–H and O–H groups in total. The van der Waals surface area contributed by atoms with E-state index in [4.69, 9.17) is 0 Å². The van der Waals surface area contributed by atoms with Crippen LogP contribution in [0.2, 0.25) is 0 Å². The summed E-state index contributed by atoms with van der Waals surface area (Å²) < 4.78 is 0. The Kier molecular flexibility index (Phi) is 4.83. The summed E-state index contributed by atoms with van der Waals surface area (Å²) in [4.78, 5) is 0. The maximum atomic E-state index is 4.22. The normalized spacial score (nSPS) is 16.4. The van der Waals surface area contributed by atoms with Gasteiger partial charge in [0.15, 0.2) is 0 Å². The van der Waals surface area contributed by atoms with Gasteiger partial charge in [-0.3, -0.25) is 0 Å². The Bertz CT molecular complexity index is 112. The van der Waals surface area contributed by atoms with Crippen molar-refractivity contribution in [1.29, 1.82) is 0 Å². The van der Waals surface area contributed by atoms with Crippen molar-refractivity contribution in [2.45, 2.75) is 19.9 Å². The average Bonchev–Trinajstić information content (AvgIpc) is 1.88. The minimum Gasteiger partial charge on any atom is -0.313 e. The molecule has 0 aliphatic carbocycles. The molecule has 0 heterocycles. The van der Waals surface area contributed by atoms with Gasteiger partial charge in [0.25, 0.3) is 0 Å². The minimum absolute atomic E-state index is 0.414. The molecule has 0 unspecified atom stereocenters. The molecule has 0 amide bonds. The second kappa shape index (κ2) is 4.80. The highest BCUT2D eigenvalue weighted by Crippen LogP contribution is 2.10. The molecule has 0 radical (unpaired) electrons. The van der Waals surface area contributed by atoms with Gasteiger partial charge in [-0.25, -0.2) is 0 Å². The van der Waals surface area contributed by atoms with Crippen molar-refractivity contribution in [2.24, 2.45) is 5.92 Å². The summed E-state index contributed by atoms with van der Waals surface area (Å²) in [5.41, 5.74) is 1.18. The van der Waals surface area contributed by atoms with Crippen molar-refractivity contribution in [2.75, 3.05) is 12.8 Å². The Balaban J connectivity index is 3.92. The SMILES string of the molecule is C=C(C)[C@@H](NC)[C@@H](C)CS. The van der Waals surface area contributed by atoms with Gasteiger partial charge >= 0.3 is 0 Å². The molecule has 0 aliphatic rings. The van der Waals surface area contributed by atoms with Crippen molar-refractivity contribution in [3.63, 3.8) is 0 Å². The zero-order valence-electron chi connectivity index (χ0n) is 7.02. The van der Waals surface area contributed by atoms with Crippen LogP contribution < -0.4 is 5.32 Å². The molecule has 10 heavy (non-hydrogen) atoms. The first kappa shape index (κ1) is 10.0. The Labute approximate surface area is 69.3 Å². The van der Waals surface area contributed by atoms with Crippen LogP contribution in [0.1, 0.15) is 13.8 Å². The van der Waals surface area contributed by atoms with E-state index in [0.717, 1.165) is 5.75 Å². The van der Waals surface area contributed by atoms with Gasteiger partial charge in [0, 0.05) is 6.04 Å². The summed E-state index contributed by atoms with van der Waals surface area (Å²) in [6.07, 6.45) is 0. The molecule has 1 nitrogen and oxygen atoms in total. The van der Waals surface area contributed by atoms with Crippen LogP contribution in [-0.2, 0) is 0 Å². The first-order valence-corrected chi connectivity index (χ1v) is 4.20. The summed E-state index contributed by atoms with van der Waals surface area (Å²) in [5, 5.41) is 3.20. The zero-order valence-corrected chi connectivity index (χ0v) is 7.91. The Morgan fingerprint density at radius 3 is 2.30 bits per heavy atom. The quantitative estimate of drug-likeness (QED) is 0.470. The van der Waals surface area contributed by atoms with Crippen molar-refractivity contribution in [3.05, 3.63) is 12.2 Å². The standard InChI is InChI=1S/C8H17NS/c1-6(2)8(9-4)7(3)5-10/h7-10H,1,5H2,2-4H3/t7-,8+/m0/s1. The molecule has 0 aliphatic heterocycles. The molecule has 0 saturated carbocycles. The molecule has 0 aromatic heterocycles. The average molecular weight is 159 g/mol. The first-order valence-electron chi connectivity index (χ1n) is 3.57. The van der Waals surface area contributed by atoms with Crippen LogP contribution in [0.15, 0.2) is 12.2 Å². The molecule has 0 saturated heterocycles. The lowest BCUT2D eigenvalue weighted by atomic mass is 9.98. The lowest BCUT2D eigenvalue weighted by Crippen LogP contribution is -2.33. The minimum atomic E-state index is 0.414. The van der Waals surface area contributed by atoms with Gasteiger partial charge in [-0.2, -0.15) is 12.6 Å². The van der Waals surface area contributed by atoms with Gasteiger partial charge in [0.1, 0.15) is 0 Å². The smallest absolute Gasteiger partial charge is 0.0304 e. The fourth-order valence-electron chi connectivity index (χ4n) is 1.12. The fraction of sp³-hybridized carbons (Fsp3) is 0.750. The number of hydrogen-bond donors (Lipinski definition) is 2. The molecule has 2 heteroatoms. The third kappa shape index (κ3) is 2.76. The molecule has 60 valence electrons. The Morgan fingerprint density at radius 2 is 2.20 bits per heavy atom. The van der Waals surface area contributed by atoms with Crippen molar-refractivity contribution < 1.29 is 0 Å². The number of rotatable bonds is 4. The van der Waals surface area contributed by atoms with Gasteiger partial charge in [0.05, 0.1) is 0 Å². The van der Waals surface area contributed by atoms with Crippen LogP contribution in [0, 0.1) is 5.92 Å². The molecular weight excluding hydrogens is 142 g/mol. The van der Waals surface area contributed by atoms with Crippen LogP contribution in [0.3, 0.4) is 0 Å². The monoisotopic (exact) mass is 159 g/mol. The summed E-state index contributed by atoms with van der Waals surface area (Å²) in [7, 11) is 1.96. The highest BCUT2D eigenvalue weighted by Gasteiger charge is 2.13. The molecule has 2 atom stereocenters. The van der Waals surface area contributed by atoms with Gasteiger partial charge in [0.2, 0.25) is 0 Å². The van der Waals surface area contributed by atoms with Crippen LogP contribution >= 0.6 is 12.6 Å². The van der Waals surface area contributed by atoms with Gasteiger partial charge < -0.3 is 5.32 Å². The van der Waals surface area contributed by atoms with Crippen LogP contribution in [-0.4, -0.2) is 18.8 Å². The lowest BCUT2D eigenvalue weighted by molar-refractivity contribution is 0.487. The van der Waals surface area contributed by atoms with Crippen molar-refractivity contribution >= 4 is 12.6 Å². The molecule has 0 fully saturated rings. The predicted octanol–water partition coefficient (Wildman–Crippen LogP) is 1.72. The van der Waals surface area contributed by atoms with Crippen molar-refractivity contribution in [1.82, 2.24) is 5.32 Å². The topological polar surface area (TPSA) is 12.0 Å². The van der Waals surface area contributed by atoms with E-state index in [1.54, 1.807) is 0 Å². The van der Waals surface area contributed by atoms with E-state index >= 15 is 0 Å². The maximum absolute atomic E-state index is 4.22. The zero-order chi connectivity index (χ0) is 8.15. The molecule has 0 aromatic rings. The first-order chi connectivity index (χ1) is 4.63. The molecule has 0 aromatic carbocycles. The number of nitrogens with one attached hydrogen (secondary N) is 1. The second-order valence-corrected chi connectivity index (χ2v) is 3.14. The van der Waals surface area contributed by atoms with E-state index < -0.39 is 0 Å². The van der Waals surface area contributed by atoms with Crippen molar-refractivity contribution in [3.8, 4) is 0 Å². The largest absolute Gasteiger partial charge is 0.313 e. The number of hydrogen-bond acceptors (Lipinski definition) is 2. The van der Waals surface area contributed by atoms with Gasteiger partial charge in [-0.15, -0.1) is 0 Å². The summed E-state index contributed by atoms with van der Waals surface area (Å²) >= 11 is 4.22. The van der Waals surface area contributed by atoms with Gasteiger partial charge in [-0.05, 0) is 25.6 Å². The predicted molar refractivity (Wildman–Crippen MR) is 50.7 cm³/mol.